The van der Waals surface area contributed by atoms with E-state index in [2.05, 4.69) is 26.5 Å². The third kappa shape index (κ3) is 5.57. The fraction of sp³-hybridized carbons (Fsp3) is 0.522. The number of thiazole rings is 1. The number of anilines is 2. The van der Waals surface area contributed by atoms with Crippen LogP contribution in [0.3, 0.4) is 0 Å². The molecule has 2 aliphatic heterocycles. The van der Waals surface area contributed by atoms with Crippen LogP contribution in [0.25, 0.3) is 0 Å². The summed E-state index contributed by atoms with van der Waals surface area (Å²) in [5, 5.41) is 9.84. The highest BCUT2D eigenvalue weighted by Gasteiger charge is 2.25. The van der Waals surface area contributed by atoms with Crippen LogP contribution in [0.2, 0.25) is 0 Å². The van der Waals surface area contributed by atoms with E-state index in [1.165, 1.54) is 19.3 Å². The summed E-state index contributed by atoms with van der Waals surface area (Å²) < 4.78 is 5.03. The normalized spacial score (nSPS) is 17.3. The molecule has 2 saturated heterocycles. The second kappa shape index (κ2) is 11.1. The highest BCUT2D eigenvalue weighted by Crippen LogP contribution is 2.32. The van der Waals surface area contributed by atoms with Crippen molar-refractivity contribution in [1.29, 1.82) is 0 Å². The Hall–Kier alpha value is -2.23. The number of methoxy groups -OCH3 is 1. The van der Waals surface area contributed by atoms with E-state index in [0.717, 1.165) is 60.5 Å². The van der Waals surface area contributed by atoms with Crippen molar-refractivity contribution in [2.24, 2.45) is 0 Å². The molecule has 1 amide bonds. The minimum Gasteiger partial charge on any atom is -0.370 e. The highest BCUT2D eigenvalue weighted by atomic mass is 32.1. The van der Waals surface area contributed by atoms with Gasteiger partial charge in [-0.25, -0.2) is 4.98 Å². The second-order valence-electron chi connectivity index (χ2n) is 8.27. The average molecular weight is 474 g/mol. The molecule has 2 fully saturated rings. The Kier molecular flexibility index (Phi) is 7.94. The number of thiocarbonyl (C=S) groups is 1. The molecule has 32 heavy (non-hydrogen) atoms. The number of piperidine rings is 2. The lowest BCUT2D eigenvalue weighted by molar-refractivity contribution is 0.102. The third-order valence-electron chi connectivity index (χ3n) is 6.10. The minimum absolute atomic E-state index is 0.140. The van der Waals surface area contributed by atoms with Crippen LogP contribution in [-0.2, 0) is 4.74 Å². The minimum atomic E-state index is -0.140. The van der Waals surface area contributed by atoms with Crippen molar-refractivity contribution in [3.8, 4) is 0 Å². The van der Waals surface area contributed by atoms with Crippen LogP contribution in [0.15, 0.2) is 29.6 Å². The molecule has 0 radical (unpaired) electrons. The van der Waals surface area contributed by atoms with Crippen LogP contribution in [0, 0.1) is 0 Å². The van der Waals surface area contributed by atoms with E-state index >= 15 is 0 Å². The number of carbonyl (C=O) groups excluding carboxylic acids is 1. The maximum absolute atomic E-state index is 13.0. The highest BCUT2D eigenvalue weighted by molar-refractivity contribution is 7.80. The summed E-state index contributed by atoms with van der Waals surface area (Å²) in [6.45, 7) is 4.26. The number of likely N-dealkylation sites (tertiary alicyclic amines) is 1. The molecule has 1 aromatic heterocycles. The Labute approximate surface area is 199 Å². The smallest absolute Gasteiger partial charge is 0.275 e. The van der Waals surface area contributed by atoms with Gasteiger partial charge in [-0.2, -0.15) is 0 Å². The molecule has 1 aromatic carbocycles. The van der Waals surface area contributed by atoms with Crippen molar-refractivity contribution in [2.45, 2.75) is 38.0 Å². The van der Waals surface area contributed by atoms with Gasteiger partial charge in [0.15, 0.2) is 5.11 Å². The van der Waals surface area contributed by atoms with E-state index in [1.54, 1.807) is 18.4 Å². The van der Waals surface area contributed by atoms with E-state index in [1.807, 2.05) is 23.6 Å². The molecule has 2 N–H and O–H groups in total. The first-order valence-corrected chi connectivity index (χ1v) is 12.6. The summed E-state index contributed by atoms with van der Waals surface area (Å²) in [7, 11) is 1.64. The molecule has 172 valence electrons. The fourth-order valence-electron chi connectivity index (χ4n) is 4.33. The molecule has 2 aromatic rings. The summed E-state index contributed by atoms with van der Waals surface area (Å²) in [6, 6.07) is 8.07. The zero-order valence-electron chi connectivity index (χ0n) is 18.5. The van der Waals surface area contributed by atoms with Crippen LogP contribution in [0.4, 0.5) is 11.4 Å². The van der Waals surface area contributed by atoms with Gasteiger partial charge in [-0.3, -0.25) is 4.79 Å². The molecule has 0 saturated carbocycles. The van der Waals surface area contributed by atoms with Crippen molar-refractivity contribution < 1.29 is 9.53 Å². The first kappa shape index (κ1) is 22.9. The summed E-state index contributed by atoms with van der Waals surface area (Å²) in [4.78, 5) is 22.2. The Morgan fingerprint density at radius 2 is 1.94 bits per heavy atom. The number of hydrogen-bond acceptors (Lipinski definition) is 6. The number of para-hydroxylation sites is 2. The standard InChI is InChI=1S/C23H31N5O2S2/c1-30-16-24-23(31)28-13-9-17(10-14-28)22-26-19(15-32-22)21(29)25-18-7-3-4-8-20(18)27-11-5-2-6-12-27/h3-4,7-8,15,17H,2,5-6,9-14,16H2,1H3,(H,24,31)(H,25,29). The van der Waals surface area contributed by atoms with Gasteiger partial charge >= 0.3 is 0 Å². The second-order valence-corrected chi connectivity index (χ2v) is 9.54. The van der Waals surface area contributed by atoms with Crippen LogP contribution < -0.4 is 15.5 Å². The lowest BCUT2D eigenvalue weighted by Gasteiger charge is -2.33. The zero-order chi connectivity index (χ0) is 22.3. The predicted molar refractivity (Wildman–Crippen MR) is 134 cm³/mol. The number of nitrogens with one attached hydrogen (secondary N) is 2. The molecule has 9 heteroatoms. The first-order chi connectivity index (χ1) is 15.7. The van der Waals surface area contributed by atoms with E-state index in [-0.39, 0.29) is 5.91 Å². The van der Waals surface area contributed by atoms with E-state index in [9.17, 15) is 4.79 Å². The summed E-state index contributed by atoms with van der Waals surface area (Å²) in [5.41, 5.74) is 2.46. The third-order valence-corrected chi connectivity index (χ3v) is 7.51. The fourth-order valence-corrected chi connectivity index (χ4v) is 5.54. The molecule has 7 nitrogen and oxygen atoms in total. The van der Waals surface area contributed by atoms with Crippen molar-refractivity contribution in [1.82, 2.24) is 15.2 Å². The van der Waals surface area contributed by atoms with Gasteiger partial charge in [0.05, 0.1) is 16.4 Å². The van der Waals surface area contributed by atoms with Gasteiger partial charge in [0.25, 0.3) is 5.91 Å². The van der Waals surface area contributed by atoms with Crippen molar-refractivity contribution >= 4 is 45.9 Å². The van der Waals surface area contributed by atoms with Crippen molar-refractivity contribution in [2.75, 3.05) is 50.2 Å². The summed E-state index contributed by atoms with van der Waals surface area (Å²) >= 11 is 7.00. The number of hydrogen-bond donors (Lipinski definition) is 2. The van der Waals surface area contributed by atoms with Gasteiger partial charge in [0.2, 0.25) is 0 Å². The lowest BCUT2D eigenvalue weighted by Crippen LogP contribution is -2.44. The molecule has 4 rings (SSSR count). The summed E-state index contributed by atoms with van der Waals surface area (Å²) in [6.07, 6.45) is 5.62. The number of carbonyl (C=O) groups is 1. The Bertz CT molecular complexity index is 921. The van der Waals surface area contributed by atoms with Gasteiger partial charge in [-0.05, 0) is 56.5 Å². The van der Waals surface area contributed by atoms with E-state index < -0.39 is 0 Å². The van der Waals surface area contributed by atoms with Gasteiger partial charge in [-0.1, -0.05) is 12.1 Å². The Morgan fingerprint density at radius 1 is 1.19 bits per heavy atom. The lowest BCUT2D eigenvalue weighted by atomic mass is 9.98. The molecule has 0 atom stereocenters. The molecular weight excluding hydrogens is 442 g/mol. The molecule has 0 bridgehead atoms. The Balaban J connectivity index is 1.35. The first-order valence-electron chi connectivity index (χ1n) is 11.3. The number of amides is 1. The quantitative estimate of drug-likeness (QED) is 0.485. The monoisotopic (exact) mass is 473 g/mol. The SMILES string of the molecule is COCNC(=S)N1CCC(c2nc(C(=O)Nc3ccccc3N3CCCCC3)cs2)CC1. The molecule has 0 unspecified atom stereocenters. The van der Waals surface area contributed by atoms with Crippen LogP contribution >= 0.6 is 23.6 Å². The number of nitrogens with zero attached hydrogens (tertiary/aromatic N) is 3. The molecule has 3 heterocycles. The molecule has 0 aliphatic carbocycles. The summed E-state index contributed by atoms with van der Waals surface area (Å²) in [5.74, 6) is 0.225. The zero-order valence-corrected chi connectivity index (χ0v) is 20.1. The number of benzene rings is 1. The number of ether oxygens (including phenoxy) is 1. The van der Waals surface area contributed by atoms with Gasteiger partial charge in [0.1, 0.15) is 12.4 Å². The van der Waals surface area contributed by atoms with Crippen molar-refractivity contribution in [3.63, 3.8) is 0 Å². The van der Waals surface area contributed by atoms with E-state index in [0.29, 0.717) is 18.3 Å². The van der Waals surface area contributed by atoms with Gasteiger partial charge in [0, 0.05) is 44.6 Å². The van der Waals surface area contributed by atoms with Gasteiger partial charge < -0.3 is 25.2 Å². The van der Waals surface area contributed by atoms with Crippen LogP contribution in [-0.4, -0.2) is 60.9 Å². The molecule has 2 aliphatic rings. The van der Waals surface area contributed by atoms with Crippen molar-refractivity contribution in [3.05, 3.63) is 40.3 Å². The maximum atomic E-state index is 13.0. The maximum Gasteiger partial charge on any atom is 0.275 e. The molecule has 0 spiro atoms. The van der Waals surface area contributed by atoms with Gasteiger partial charge in [-0.15, -0.1) is 11.3 Å². The number of rotatable bonds is 6. The van der Waals surface area contributed by atoms with Crippen LogP contribution in [0.5, 0.6) is 0 Å². The Morgan fingerprint density at radius 3 is 2.69 bits per heavy atom. The number of aromatic nitrogens is 1. The topological polar surface area (TPSA) is 69.7 Å². The average Bonchev–Trinajstić information content (AvgIpc) is 3.34. The predicted octanol–water partition coefficient (Wildman–Crippen LogP) is 4.04. The largest absolute Gasteiger partial charge is 0.370 e. The van der Waals surface area contributed by atoms with E-state index in [4.69, 9.17) is 21.9 Å². The van der Waals surface area contributed by atoms with Crippen LogP contribution in [0.1, 0.15) is 53.5 Å². The molecular formula is C23H31N5O2S2.